The van der Waals surface area contributed by atoms with Crippen LogP contribution in [0.5, 0.6) is 5.75 Å². The maximum atomic E-state index is 12.3. The van der Waals surface area contributed by atoms with Gasteiger partial charge in [0.05, 0.1) is 11.8 Å². The van der Waals surface area contributed by atoms with Gasteiger partial charge in [0, 0.05) is 5.52 Å². The summed E-state index contributed by atoms with van der Waals surface area (Å²) in [5.41, 5.74) is 5.41. The number of aromatic nitrogens is 1. The Balaban J connectivity index is 1.36. The van der Waals surface area contributed by atoms with Gasteiger partial charge in [-0.15, -0.1) is 0 Å². The number of H-pyrrole nitrogens is 1. The number of rotatable bonds is 6. The van der Waals surface area contributed by atoms with Crippen molar-refractivity contribution < 1.29 is 9.53 Å². The number of pyridine rings is 1. The largest absolute Gasteiger partial charge is 0.481 e. The molecular formula is C25H21N3O3. The molecule has 3 aromatic carbocycles. The van der Waals surface area contributed by atoms with Gasteiger partial charge in [0.2, 0.25) is 0 Å². The Labute approximate surface area is 179 Å². The van der Waals surface area contributed by atoms with Gasteiger partial charge in [0.1, 0.15) is 5.75 Å². The minimum Gasteiger partial charge on any atom is -0.481 e. The number of fused-ring (bicyclic) bond motifs is 1. The molecule has 1 amide bonds. The molecule has 0 radical (unpaired) electrons. The van der Waals surface area contributed by atoms with Crippen molar-refractivity contribution in [1.82, 2.24) is 10.4 Å². The fourth-order valence-corrected chi connectivity index (χ4v) is 3.13. The normalized spacial score (nSPS) is 12.0. The van der Waals surface area contributed by atoms with Crippen molar-refractivity contribution in [2.24, 2.45) is 5.10 Å². The molecule has 1 heterocycles. The van der Waals surface area contributed by atoms with Crippen molar-refractivity contribution in [3.8, 4) is 16.9 Å². The molecule has 0 spiro atoms. The summed E-state index contributed by atoms with van der Waals surface area (Å²) in [4.78, 5) is 27.2. The first-order chi connectivity index (χ1) is 15.1. The monoisotopic (exact) mass is 411 g/mol. The molecule has 31 heavy (non-hydrogen) atoms. The van der Waals surface area contributed by atoms with Crippen LogP contribution in [-0.2, 0) is 4.79 Å². The van der Waals surface area contributed by atoms with Gasteiger partial charge in [-0.3, -0.25) is 9.59 Å². The van der Waals surface area contributed by atoms with E-state index in [1.165, 1.54) is 6.21 Å². The fourth-order valence-electron chi connectivity index (χ4n) is 3.13. The predicted molar refractivity (Wildman–Crippen MR) is 122 cm³/mol. The van der Waals surface area contributed by atoms with Gasteiger partial charge >= 0.3 is 0 Å². The van der Waals surface area contributed by atoms with E-state index in [0.717, 1.165) is 22.0 Å². The van der Waals surface area contributed by atoms with Crippen molar-refractivity contribution in [3.63, 3.8) is 0 Å². The lowest BCUT2D eigenvalue weighted by Gasteiger charge is -2.13. The molecule has 6 heteroatoms. The molecule has 0 saturated heterocycles. The number of hydrogen-bond acceptors (Lipinski definition) is 4. The van der Waals surface area contributed by atoms with Crippen LogP contribution in [0.2, 0.25) is 0 Å². The third kappa shape index (κ3) is 4.87. The molecule has 6 nitrogen and oxygen atoms in total. The van der Waals surface area contributed by atoms with Crippen LogP contribution in [0.4, 0.5) is 0 Å². The number of nitrogens with one attached hydrogen (secondary N) is 2. The average Bonchev–Trinajstić information content (AvgIpc) is 2.80. The first-order valence-electron chi connectivity index (χ1n) is 9.87. The van der Waals surface area contributed by atoms with Crippen molar-refractivity contribution in [3.05, 3.63) is 101 Å². The summed E-state index contributed by atoms with van der Waals surface area (Å²) in [6.45, 7) is 1.64. The number of carbonyl (C=O) groups is 1. The second-order valence-electron chi connectivity index (χ2n) is 7.03. The number of benzene rings is 3. The summed E-state index contributed by atoms with van der Waals surface area (Å²) < 4.78 is 5.70. The first-order valence-corrected chi connectivity index (χ1v) is 9.87. The van der Waals surface area contributed by atoms with Crippen LogP contribution in [0.25, 0.3) is 22.0 Å². The Bertz CT molecular complexity index is 1280. The van der Waals surface area contributed by atoms with Crippen LogP contribution >= 0.6 is 0 Å². The van der Waals surface area contributed by atoms with Crippen LogP contribution in [0.1, 0.15) is 12.5 Å². The molecule has 1 aromatic heterocycles. The smallest absolute Gasteiger partial charge is 0.280 e. The maximum Gasteiger partial charge on any atom is 0.280 e. The molecule has 0 aliphatic carbocycles. The minimum atomic E-state index is -0.755. The lowest BCUT2D eigenvalue weighted by molar-refractivity contribution is -0.127. The highest BCUT2D eigenvalue weighted by Crippen LogP contribution is 2.22. The molecular weight excluding hydrogens is 390 g/mol. The number of hydrogen-bond donors (Lipinski definition) is 2. The van der Waals surface area contributed by atoms with E-state index < -0.39 is 12.0 Å². The molecule has 0 bridgehead atoms. The van der Waals surface area contributed by atoms with E-state index >= 15 is 0 Å². The topological polar surface area (TPSA) is 83.5 Å². The standard InChI is InChI=1S/C25H21N3O3/c1-17(31-22-13-11-19(12-14-22)18-7-3-2-4-8-18)24(29)28-26-16-21-15-20-9-5-6-10-23(20)27-25(21)30/h2-17H,1H3,(H,27,30)(H,28,29)/b26-16-/t17-/m0/s1. The van der Waals surface area contributed by atoms with Crippen LogP contribution in [0, 0.1) is 0 Å². The van der Waals surface area contributed by atoms with E-state index in [0.29, 0.717) is 11.3 Å². The van der Waals surface area contributed by atoms with Crippen LogP contribution in [0.15, 0.2) is 94.8 Å². The molecule has 0 aliphatic rings. The van der Waals surface area contributed by atoms with Crippen LogP contribution in [-0.4, -0.2) is 23.2 Å². The zero-order valence-electron chi connectivity index (χ0n) is 16.9. The van der Waals surface area contributed by atoms with E-state index in [4.69, 9.17) is 4.74 Å². The molecule has 0 unspecified atom stereocenters. The van der Waals surface area contributed by atoms with Gasteiger partial charge < -0.3 is 9.72 Å². The van der Waals surface area contributed by atoms with E-state index in [2.05, 4.69) is 15.5 Å². The molecule has 4 rings (SSSR count). The Morgan fingerprint density at radius 3 is 2.42 bits per heavy atom. The van der Waals surface area contributed by atoms with E-state index in [1.54, 1.807) is 13.0 Å². The Morgan fingerprint density at radius 2 is 1.65 bits per heavy atom. The predicted octanol–water partition coefficient (Wildman–Crippen LogP) is 4.11. The zero-order chi connectivity index (χ0) is 21.6. The van der Waals surface area contributed by atoms with Gasteiger partial charge in [0.15, 0.2) is 6.10 Å². The second kappa shape index (κ2) is 9.09. The van der Waals surface area contributed by atoms with E-state index in [9.17, 15) is 9.59 Å². The summed E-state index contributed by atoms with van der Waals surface area (Å²) in [5, 5.41) is 4.78. The third-order valence-corrected chi connectivity index (χ3v) is 4.80. The molecule has 0 saturated carbocycles. The van der Waals surface area contributed by atoms with Crippen molar-refractivity contribution in [2.45, 2.75) is 13.0 Å². The molecule has 4 aromatic rings. The molecule has 0 aliphatic heterocycles. The summed E-state index contributed by atoms with van der Waals surface area (Å²) in [7, 11) is 0. The Morgan fingerprint density at radius 1 is 0.968 bits per heavy atom. The van der Waals surface area contributed by atoms with Crippen molar-refractivity contribution in [1.29, 1.82) is 0 Å². The van der Waals surface area contributed by atoms with Crippen LogP contribution in [0.3, 0.4) is 0 Å². The summed E-state index contributed by atoms with van der Waals surface area (Å²) in [6.07, 6.45) is 0.569. The lowest BCUT2D eigenvalue weighted by atomic mass is 10.1. The Hall–Kier alpha value is -4.19. The molecule has 2 N–H and O–H groups in total. The molecule has 1 atom stereocenters. The van der Waals surface area contributed by atoms with Gasteiger partial charge in [0.25, 0.3) is 11.5 Å². The number of amides is 1. The average molecular weight is 411 g/mol. The van der Waals surface area contributed by atoms with Gasteiger partial charge in [-0.1, -0.05) is 60.7 Å². The van der Waals surface area contributed by atoms with Gasteiger partial charge in [-0.2, -0.15) is 5.10 Å². The highest BCUT2D eigenvalue weighted by atomic mass is 16.5. The lowest BCUT2D eigenvalue weighted by Crippen LogP contribution is -2.33. The highest BCUT2D eigenvalue weighted by Gasteiger charge is 2.14. The Kier molecular flexibility index (Phi) is 5.89. The quantitative estimate of drug-likeness (QED) is 0.370. The highest BCUT2D eigenvalue weighted by molar-refractivity contribution is 5.88. The second-order valence-corrected chi connectivity index (χ2v) is 7.03. The third-order valence-electron chi connectivity index (χ3n) is 4.80. The van der Waals surface area contributed by atoms with Gasteiger partial charge in [-0.05, 0) is 47.7 Å². The van der Waals surface area contributed by atoms with Crippen molar-refractivity contribution in [2.75, 3.05) is 0 Å². The SMILES string of the molecule is C[C@H](Oc1ccc(-c2ccccc2)cc1)C(=O)N/N=C\c1cc2ccccc2[nH]c1=O. The number of para-hydroxylation sites is 1. The van der Waals surface area contributed by atoms with Crippen molar-refractivity contribution >= 4 is 23.0 Å². The number of aromatic amines is 1. The summed E-state index contributed by atoms with van der Waals surface area (Å²) >= 11 is 0. The first kappa shape index (κ1) is 20.1. The number of nitrogens with zero attached hydrogens (tertiary/aromatic N) is 1. The molecule has 154 valence electrons. The number of ether oxygens (including phenoxy) is 1. The number of hydrazone groups is 1. The summed E-state index contributed by atoms with van der Waals surface area (Å²) in [5.74, 6) is 0.165. The van der Waals surface area contributed by atoms with E-state index in [-0.39, 0.29) is 5.56 Å². The zero-order valence-corrected chi connectivity index (χ0v) is 16.9. The number of carbonyl (C=O) groups excluding carboxylic acids is 1. The summed E-state index contributed by atoms with van der Waals surface area (Å²) in [6, 6.07) is 26.7. The van der Waals surface area contributed by atoms with Crippen LogP contribution < -0.4 is 15.7 Å². The van der Waals surface area contributed by atoms with E-state index in [1.807, 2.05) is 78.9 Å². The molecule has 0 fully saturated rings. The maximum absolute atomic E-state index is 12.3. The minimum absolute atomic E-state index is 0.278. The fraction of sp³-hybridized carbons (Fsp3) is 0.0800. The van der Waals surface area contributed by atoms with Gasteiger partial charge in [-0.25, -0.2) is 5.43 Å².